The molecular weight excluding hydrogens is 484 g/mol. The molecule has 13 nitrogen and oxygen atoms in total. The molecule has 2 aromatic rings. The molecule has 0 saturated heterocycles. The number of carboxylic acid groups (broad SMARTS) is 2. The van der Waals surface area contributed by atoms with Crippen molar-refractivity contribution < 1.29 is 34.2 Å². The molecule has 3 amide bonds. The van der Waals surface area contributed by atoms with Gasteiger partial charge in [0.2, 0.25) is 17.7 Å². The van der Waals surface area contributed by atoms with Crippen molar-refractivity contribution in [3.05, 3.63) is 36.0 Å². The smallest absolute Gasteiger partial charge is 0.326 e. The van der Waals surface area contributed by atoms with Crippen molar-refractivity contribution in [1.29, 1.82) is 0 Å². The van der Waals surface area contributed by atoms with Crippen molar-refractivity contribution in [3.63, 3.8) is 0 Å². The van der Waals surface area contributed by atoms with Gasteiger partial charge in [-0.3, -0.25) is 19.2 Å². The Balaban J connectivity index is 1.92. The van der Waals surface area contributed by atoms with E-state index in [-0.39, 0.29) is 19.3 Å². The Kier molecular flexibility index (Phi) is 11.5. The normalized spacial score (nSPS) is 13.4. The zero-order chi connectivity index (χ0) is 27.4. The molecule has 0 saturated carbocycles. The Morgan fingerprint density at radius 3 is 2.35 bits per heavy atom. The maximum atomic E-state index is 12.7. The van der Waals surface area contributed by atoms with Crippen LogP contribution in [0.5, 0.6) is 0 Å². The molecule has 2 rings (SSSR count). The molecule has 3 atom stereocenters. The monoisotopic (exact) mass is 518 g/mol. The van der Waals surface area contributed by atoms with Crippen molar-refractivity contribution in [2.24, 2.45) is 11.5 Å². The van der Waals surface area contributed by atoms with Crippen LogP contribution in [0.2, 0.25) is 0 Å². The zero-order valence-corrected chi connectivity index (χ0v) is 20.4. The van der Waals surface area contributed by atoms with Gasteiger partial charge in [-0.2, -0.15) is 0 Å². The molecule has 1 heterocycles. The second kappa shape index (κ2) is 14.6. The second-order valence-electron chi connectivity index (χ2n) is 8.62. The molecule has 0 bridgehead atoms. The van der Waals surface area contributed by atoms with E-state index in [1.54, 1.807) is 6.20 Å². The number of carbonyl (C=O) groups is 5. The Labute approximate surface area is 213 Å². The highest BCUT2D eigenvalue weighted by Crippen LogP contribution is 2.18. The molecule has 0 spiro atoms. The summed E-state index contributed by atoms with van der Waals surface area (Å²) >= 11 is 0. The van der Waals surface area contributed by atoms with E-state index < -0.39 is 60.8 Å². The minimum atomic E-state index is -1.31. The highest BCUT2D eigenvalue weighted by atomic mass is 16.4. The van der Waals surface area contributed by atoms with E-state index in [1.165, 1.54) is 0 Å². The second-order valence-corrected chi connectivity index (χ2v) is 8.62. The zero-order valence-electron chi connectivity index (χ0n) is 20.4. The van der Waals surface area contributed by atoms with E-state index in [9.17, 15) is 29.1 Å². The molecule has 0 aliphatic rings. The molecule has 10 N–H and O–H groups in total. The SMILES string of the molecule is NCCCCC(NC(=O)C(CCC(=O)O)NC(=O)CNC(=O)C(N)Cc1c[nH]c2ccccc12)C(=O)O. The molecule has 0 fully saturated rings. The van der Waals surface area contributed by atoms with Crippen molar-refractivity contribution in [1.82, 2.24) is 20.9 Å². The lowest BCUT2D eigenvalue weighted by molar-refractivity contribution is -0.143. The van der Waals surface area contributed by atoms with Gasteiger partial charge >= 0.3 is 11.9 Å². The van der Waals surface area contributed by atoms with Crippen LogP contribution >= 0.6 is 0 Å². The van der Waals surface area contributed by atoms with Crippen LogP contribution in [0, 0.1) is 0 Å². The van der Waals surface area contributed by atoms with Crippen molar-refractivity contribution >= 4 is 40.6 Å². The van der Waals surface area contributed by atoms with Gasteiger partial charge in [-0.05, 0) is 50.3 Å². The summed E-state index contributed by atoms with van der Waals surface area (Å²) in [4.78, 5) is 63.1. The van der Waals surface area contributed by atoms with Gasteiger partial charge in [0.1, 0.15) is 12.1 Å². The largest absolute Gasteiger partial charge is 0.481 e. The third-order valence-electron chi connectivity index (χ3n) is 5.73. The molecule has 0 radical (unpaired) electrons. The minimum absolute atomic E-state index is 0.127. The Morgan fingerprint density at radius 2 is 1.68 bits per heavy atom. The molecule has 1 aromatic carbocycles. The van der Waals surface area contributed by atoms with E-state index in [1.807, 2.05) is 24.3 Å². The molecular formula is C24H34N6O7. The molecule has 0 aliphatic heterocycles. The number of para-hydroxylation sites is 1. The number of nitrogens with one attached hydrogen (secondary N) is 4. The van der Waals surface area contributed by atoms with E-state index in [2.05, 4.69) is 20.9 Å². The van der Waals surface area contributed by atoms with Crippen LogP contribution in [-0.4, -0.2) is 76.1 Å². The van der Waals surface area contributed by atoms with Gasteiger partial charge in [-0.15, -0.1) is 0 Å². The summed E-state index contributed by atoms with van der Waals surface area (Å²) in [5, 5.41) is 26.4. The lowest BCUT2D eigenvalue weighted by atomic mass is 10.1. The number of nitrogens with two attached hydrogens (primary N) is 2. The summed E-state index contributed by atoms with van der Waals surface area (Å²) in [6.07, 6.45) is 2.44. The number of aromatic amines is 1. The fourth-order valence-corrected chi connectivity index (χ4v) is 3.73. The van der Waals surface area contributed by atoms with Crippen LogP contribution in [-0.2, 0) is 30.4 Å². The summed E-state index contributed by atoms with van der Waals surface area (Å²) in [6.45, 7) is -0.134. The van der Waals surface area contributed by atoms with Crippen LogP contribution in [0.25, 0.3) is 10.9 Å². The lowest BCUT2D eigenvalue weighted by Gasteiger charge is -2.21. The number of carboxylic acids is 2. The average molecular weight is 519 g/mol. The molecule has 1 aromatic heterocycles. The van der Waals surface area contributed by atoms with Crippen molar-refractivity contribution in [2.45, 2.75) is 56.7 Å². The van der Waals surface area contributed by atoms with Gasteiger partial charge in [0.15, 0.2) is 0 Å². The standard InChI is InChI=1S/C24H34N6O7/c25-10-4-3-7-19(24(36)37)30-23(35)18(8-9-21(32)33)29-20(31)13-28-22(34)16(26)11-14-12-27-17-6-2-1-5-15(14)17/h1-2,5-6,12,16,18-19,27H,3-4,7-11,13,25-26H2,(H,28,34)(H,29,31)(H,30,35)(H,32,33)(H,36,37). The van der Waals surface area contributed by atoms with Crippen LogP contribution in [0.1, 0.15) is 37.7 Å². The first-order valence-corrected chi connectivity index (χ1v) is 11.9. The van der Waals surface area contributed by atoms with Crippen LogP contribution in [0.3, 0.4) is 0 Å². The van der Waals surface area contributed by atoms with E-state index in [4.69, 9.17) is 16.6 Å². The summed E-state index contributed by atoms with van der Waals surface area (Å²) in [5.41, 5.74) is 13.2. The van der Waals surface area contributed by atoms with Gasteiger partial charge in [0.05, 0.1) is 12.6 Å². The molecule has 3 unspecified atom stereocenters. The number of benzene rings is 1. The number of unbranched alkanes of at least 4 members (excludes halogenated alkanes) is 1. The van der Waals surface area contributed by atoms with Crippen molar-refractivity contribution in [2.75, 3.05) is 13.1 Å². The first kappa shape index (κ1) is 29.3. The number of H-pyrrole nitrogens is 1. The summed E-state index contributed by atoms with van der Waals surface area (Å²) < 4.78 is 0. The maximum Gasteiger partial charge on any atom is 0.326 e. The topological polar surface area (TPSA) is 230 Å². The van der Waals surface area contributed by atoms with E-state index >= 15 is 0 Å². The number of aliphatic carboxylic acids is 2. The predicted molar refractivity (Wildman–Crippen MR) is 134 cm³/mol. The minimum Gasteiger partial charge on any atom is -0.481 e. The Morgan fingerprint density at radius 1 is 0.946 bits per heavy atom. The number of carbonyl (C=O) groups excluding carboxylic acids is 3. The molecule has 202 valence electrons. The number of rotatable bonds is 16. The van der Waals surface area contributed by atoms with Gasteiger partial charge in [-0.1, -0.05) is 18.2 Å². The predicted octanol–water partition coefficient (Wildman–Crippen LogP) is -0.798. The molecule has 13 heteroatoms. The van der Waals surface area contributed by atoms with Gasteiger partial charge in [0, 0.05) is 23.5 Å². The number of amides is 3. The lowest BCUT2D eigenvalue weighted by Crippen LogP contribution is -2.54. The van der Waals surface area contributed by atoms with Gasteiger partial charge in [-0.25, -0.2) is 4.79 Å². The summed E-state index contributed by atoms with van der Waals surface area (Å²) in [6, 6.07) is 4.07. The number of aromatic nitrogens is 1. The van der Waals surface area contributed by atoms with Gasteiger partial charge in [0.25, 0.3) is 0 Å². The first-order valence-electron chi connectivity index (χ1n) is 11.9. The van der Waals surface area contributed by atoms with Crippen LogP contribution in [0.15, 0.2) is 30.5 Å². The highest BCUT2D eigenvalue weighted by Gasteiger charge is 2.27. The van der Waals surface area contributed by atoms with E-state index in [0.29, 0.717) is 19.4 Å². The number of hydrogen-bond acceptors (Lipinski definition) is 7. The maximum absolute atomic E-state index is 12.7. The molecule has 37 heavy (non-hydrogen) atoms. The quantitative estimate of drug-likeness (QED) is 0.130. The van der Waals surface area contributed by atoms with Crippen molar-refractivity contribution in [3.8, 4) is 0 Å². The van der Waals surface area contributed by atoms with E-state index in [0.717, 1.165) is 16.5 Å². The van der Waals surface area contributed by atoms with Gasteiger partial charge < -0.3 is 42.6 Å². The highest BCUT2D eigenvalue weighted by molar-refractivity contribution is 5.93. The third kappa shape index (κ3) is 9.54. The number of fused-ring (bicyclic) bond motifs is 1. The summed E-state index contributed by atoms with van der Waals surface area (Å²) in [5.74, 6) is -4.63. The Bertz CT molecular complexity index is 1100. The third-order valence-corrected chi connectivity index (χ3v) is 5.73. The molecule has 0 aliphatic carbocycles. The van der Waals surface area contributed by atoms with Crippen LogP contribution < -0.4 is 27.4 Å². The first-order chi connectivity index (χ1) is 17.6. The summed E-state index contributed by atoms with van der Waals surface area (Å²) in [7, 11) is 0. The Hall–Kier alpha value is -3.97. The fourth-order valence-electron chi connectivity index (χ4n) is 3.73. The number of hydrogen-bond donors (Lipinski definition) is 8. The average Bonchev–Trinajstić information content (AvgIpc) is 3.26. The fraction of sp³-hybridized carbons (Fsp3) is 0.458. The van der Waals surface area contributed by atoms with Crippen LogP contribution in [0.4, 0.5) is 0 Å².